The molecule has 0 aliphatic heterocycles. The third-order valence-electron chi connectivity index (χ3n) is 3.64. The average molecular weight is 369 g/mol. The molecule has 0 bridgehead atoms. The summed E-state index contributed by atoms with van der Waals surface area (Å²) in [5.74, 6) is -1.25. The van der Waals surface area contributed by atoms with Crippen molar-refractivity contribution in [3.05, 3.63) is 64.9 Å². The number of carbonyl (C=O) groups excluding carboxylic acids is 2. The molecular weight excluding hydrogens is 356 g/mol. The highest BCUT2D eigenvalue weighted by molar-refractivity contribution is 6.32. The van der Waals surface area contributed by atoms with Crippen molar-refractivity contribution in [3.8, 4) is 6.07 Å². The molecule has 1 N–H and O–H groups in total. The van der Waals surface area contributed by atoms with E-state index >= 15 is 0 Å². The number of nitriles is 1. The topological polar surface area (TPSA) is 92.3 Å². The fraction of sp³-hybridized carbons (Fsp3) is 0.105. The summed E-state index contributed by atoms with van der Waals surface area (Å²) in [7, 11) is 0. The first-order chi connectivity index (χ1) is 12.5. The summed E-state index contributed by atoms with van der Waals surface area (Å²) in [6, 6.07) is 15.1. The molecule has 26 heavy (non-hydrogen) atoms. The van der Waals surface area contributed by atoms with Crippen molar-refractivity contribution >= 4 is 40.1 Å². The first-order valence-electron chi connectivity index (χ1n) is 7.68. The lowest BCUT2D eigenvalue weighted by Crippen LogP contribution is -2.29. The van der Waals surface area contributed by atoms with E-state index in [2.05, 4.69) is 5.32 Å². The van der Waals surface area contributed by atoms with Crippen LogP contribution in [0.2, 0.25) is 5.02 Å². The highest BCUT2D eigenvalue weighted by Crippen LogP contribution is 2.21. The largest absolute Gasteiger partial charge is 0.449 e. The van der Waals surface area contributed by atoms with E-state index in [0.717, 1.165) is 5.39 Å². The van der Waals surface area contributed by atoms with Crippen molar-refractivity contribution in [2.45, 2.75) is 13.0 Å². The van der Waals surface area contributed by atoms with Gasteiger partial charge in [-0.25, -0.2) is 4.79 Å². The predicted octanol–water partition coefficient (Wildman–Crippen LogP) is 4.14. The Kier molecular flexibility index (Phi) is 4.92. The summed E-state index contributed by atoms with van der Waals surface area (Å²) in [6.45, 7) is 1.45. The molecule has 7 heteroatoms. The minimum Gasteiger partial charge on any atom is -0.449 e. The third kappa shape index (κ3) is 3.68. The van der Waals surface area contributed by atoms with Crippen molar-refractivity contribution in [2.75, 3.05) is 5.32 Å². The number of amides is 1. The van der Waals surface area contributed by atoms with Gasteiger partial charge in [0.25, 0.3) is 5.91 Å². The van der Waals surface area contributed by atoms with Gasteiger partial charge in [-0.2, -0.15) is 5.26 Å². The zero-order valence-electron chi connectivity index (χ0n) is 13.7. The maximum atomic E-state index is 12.2. The SMILES string of the molecule is C[C@H](OC(=O)c1cc2ccccc2o1)C(=O)Nc1ccc(C#N)c(Cl)c1. The molecule has 130 valence electrons. The molecule has 3 rings (SSSR count). The lowest BCUT2D eigenvalue weighted by atomic mass is 10.2. The number of fused-ring (bicyclic) bond motifs is 1. The second-order valence-corrected chi connectivity index (χ2v) is 5.90. The number of anilines is 1. The van der Waals surface area contributed by atoms with E-state index in [9.17, 15) is 9.59 Å². The van der Waals surface area contributed by atoms with Crippen LogP contribution in [0.5, 0.6) is 0 Å². The molecule has 1 heterocycles. The monoisotopic (exact) mass is 368 g/mol. The molecular formula is C19H13ClN2O4. The van der Waals surface area contributed by atoms with Crippen LogP contribution in [0.25, 0.3) is 11.0 Å². The van der Waals surface area contributed by atoms with Gasteiger partial charge in [0, 0.05) is 11.1 Å². The molecule has 0 radical (unpaired) electrons. The number of furan rings is 1. The molecule has 2 aromatic carbocycles. The number of hydrogen-bond donors (Lipinski definition) is 1. The molecule has 6 nitrogen and oxygen atoms in total. The maximum Gasteiger partial charge on any atom is 0.375 e. The van der Waals surface area contributed by atoms with Gasteiger partial charge in [0.05, 0.1) is 10.6 Å². The van der Waals surface area contributed by atoms with Crippen molar-refractivity contribution < 1.29 is 18.7 Å². The van der Waals surface area contributed by atoms with Crippen molar-refractivity contribution in [1.82, 2.24) is 0 Å². The standard InChI is InChI=1S/C19H13ClN2O4/c1-11(18(23)22-14-7-6-13(10-21)15(20)9-14)25-19(24)17-8-12-4-2-3-5-16(12)26-17/h2-9,11H,1H3,(H,22,23)/t11-/m0/s1. The van der Waals surface area contributed by atoms with Crippen LogP contribution in [0.4, 0.5) is 5.69 Å². The van der Waals surface area contributed by atoms with E-state index in [0.29, 0.717) is 16.8 Å². The van der Waals surface area contributed by atoms with Gasteiger partial charge in [-0.1, -0.05) is 29.8 Å². The Bertz CT molecular complexity index is 1000. The maximum absolute atomic E-state index is 12.2. The van der Waals surface area contributed by atoms with Gasteiger partial charge in [-0.05, 0) is 37.3 Å². The zero-order chi connectivity index (χ0) is 18.7. The lowest BCUT2D eigenvalue weighted by molar-refractivity contribution is -0.123. The molecule has 0 aliphatic carbocycles. The lowest BCUT2D eigenvalue weighted by Gasteiger charge is -2.13. The number of carbonyl (C=O) groups is 2. The molecule has 0 saturated heterocycles. The number of rotatable bonds is 4. The smallest absolute Gasteiger partial charge is 0.375 e. The molecule has 1 aromatic heterocycles. The van der Waals surface area contributed by atoms with Crippen molar-refractivity contribution in [3.63, 3.8) is 0 Å². The molecule has 0 saturated carbocycles. The molecule has 0 spiro atoms. The Morgan fingerprint density at radius 3 is 2.69 bits per heavy atom. The predicted molar refractivity (Wildman–Crippen MR) is 95.9 cm³/mol. The van der Waals surface area contributed by atoms with E-state index < -0.39 is 18.0 Å². The first kappa shape index (κ1) is 17.5. The van der Waals surface area contributed by atoms with E-state index in [1.807, 2.05) is 12.1 Å². The van der Waals surface area contributed by atoms with Gasteiger partial charge in [-0.15, -0.1) is 0 Å². The van der Waals surface area contributed by atoms with Crippen LogP contribution in [0.1, 0.15) is 23.0 Å². The number of para-hydroxylation sites is 1. The summed E-state index contributed by atoms with van der Waals surface area (Å²) in [6.07, 6.45) is -1.05. The molecule has 0 fully saturated rings. The van der Waals surface area contributed by atoms with Crippen LogP contribution in [0.15, 0.2) is 52.9 Å². The average Bonchev–Trinajstić information content (AvgIpc) is 3.06. The normalized spacial score (nSPS) is 11.6. The molecule has 3 aromatic rings. The highest BCUT2D eigenvalue weighted by atomic mass is 35.5. The van der Waals surface area contributed by atoms with Crippen LogP contribution < -0.4 is 5.32 Å². The number of nitrogens with one attached hydrogen (secondary N) is 1. The van der Waals surface area contributed by atoms with Gasteiger partial charge in [0.2, 0.25) is 5.76 Å². The van der Waals surface area contributed by atoms with E-state index in [4.69, 9.17) is 26.0 Å². The van der Waals surface area contributed by atoms with Crippen LogP contribution in [-0.2, 0) is 9.53 Å². The fourth-order valence-electron chi connectivity index (χ4n) is 2.28. The van der Waals surface area contributed by atoms with Crippen LogP contribution in [0.3, 0.4) is 0 Å². The third-order valence-corrected chi connectivity index (χ3v) is 3.95. The van der Waals surface area contributed by atoms with Gasteiger partial charge < -0.3 is 14.5 Å². The van der Waals surface area contributed by atoms with E-state index in [-0.39, 0.29) is 10.8 Å². The fourth-order valence-corrected chi connectivity index (χ4v) is 2.50. The quantitative estimate of drug-likeness (QED) is 0.698. The Labute approximate surface area is 153 Å². The Balaban J connectivity index is 1.66. The number of nitrogens with zero attached hydrogens (tertiary/aromatic N) is 1. The number of halogens is 1. The summed E-state index contributed by atoms with van der Waals surface area (Å²) < 4.78 is 10.6. The second-order valence-electron chi connectivity index (χ2n) is 5.49. The molecule has 1 amide bonds. The van der Waals surface area contributed by atoms with Crippen LogP contribution >= 0.6 is 11.6 Å². The van der Waals surface area contributed by atoms with Crippen molar-refractivity contribution in [2.24, 2.45) is 0 Å². The van der Waals surface area contributed by atoms with Gasteiger partial charge in [0.15, 0.2) is 6.10 Å². The van der Waals surface area contributed by atoms with Crippen molar-refractivity contribution in [1.29, 1.82) is 5.26 Å². The number of ether oxygens (including phenoxy) is 1. The molecule has 0 aliphatic rings. The Morgan fingerprint density at radius 1 is 1.23 bits per heavy atom. The Hall–Kier alpha value is -3.30. The van der Waals surface area contributed by atoms with Gasteiger partial charge >= 0.3 is 5.97 Å². The molecule has 1 atom stereocenters. The van der Waals surface area contributed by atoms with Crippen LogP contribution in [0, 0.1) is 11.3 Å². The first-order valence-corrected chi connectivity index (χ1v) is 8.06. The van der Waals surface area contributed by atoms with Gasteiger partial charge in [0.1, 0.15) is 11.7 Å². The number of benzene rings is 2. The van der Waals surface area contributed by atoms with Crippen LogP contribution in [-0.4, -0.2) is 18.0 Å². The highest BCUT2D eigenvalue weighted by Gasteiger charge is 2.21. The second kappa shape index (κ2) is 7.30. The number of hydrogen-bond acceptors (Lipinski definition) is 5. The summed E-state index contributed by atoms with van der Waals surface area (Å²) in [5.41, 5.74) is 1.25. The van der Waals surface area contributed by atoms with Gasteiger partial charge in [-0.3, -0.25) is 4.79 Å². The zero-order valence-corrected chi connectivity index (χ0v) is 14.4. The summed E-state index contributed by atoms with van der Waals surface area (Å²) in [5, 5.41) is 12.4. The summed E-state index contributed by atoms with van der Waals surface area (Å²) >= 11 is 5.92. The number of esters is 1. The minimum absolute atomic E-state index is 0.0206. The van der Waals surface area contributed by atoms with E-state index in [1.165, 1.54) is 25.1 Å². The van der Waals surface area contributed by atoms with E-state index in [1.54, 1.807) is 24.3 Å². The Morgan fingerprint density at radius 2 is 2.00 bits per heavy atom. The summed E-state index contributed by atoms with van der Waals surface area (Å²) in [4.78, 5) is 24.4. The minimum atomic E-state index is -1.05. The molecule has 0 unspecified atom stereocenters.